The Morgan fingerprint density at radius 3 is 2.80 bits per heavy atom. The summed E-state index contributed by atoms with van der Waals surface area (Å²) < 4.78 is 0. The van der Waals surface area contributed by atoms with Crippen LogP contribution in [0.15, 0.2) is 24.3 Å². The monoisotopic (exact) mass is 224 g/mol. The van der Waals surface area contributed by atoms with Crippen LogP contribution in [0.5, 0.6) is 0 Å². The maximum Gasteiger partial charge on any atom is 0.0381 e. The van der Waals surface area contributed by atoms with Crippen LogP contribution in [0.25, 0.3) is 0 Å². The number of rotatable bonds is 6. The van der Waals surface area contributed by atoms with Crippen molar-refractivity contribution in [2.24, 2.45) is 0 Å². The molecular formula is C12H20N2S. The summed E-state index contributed by atoms with van der Waals surface area (Å²) in [5.41, 5.74) is 2.45. The predicted molar refractivity (Wildman–Crippen MR) is 72.3 cm³/mol. The maximum absolute atomic E-state index is 3.43. The molecule has 0 amide bonds. The molecule has 1 aromatic rings. The predicted octanol–water partition coefficient (Wildman–Crippen LogP) is 2.92. The van der Waals surface area contributed by atoms with Crippen LogP contribution in [0.4, 0.5) is 11.4 Å². The first kappa shape index (κ1) is 12.2. The summed E-state index contributed by atoms with van der Waals surface area (Å²) in [6.07, 6.45) is 3.36. The summed E-state index contributed by atoms with van der Waals surface area (Å²) in [7, 11) is 4.12. The Morgan fingerprint density at radius 2 is 2.13 bits per heavy atom. The van der Waals surface area contributed by atoms with Crippen LogP contribution in [0.2, 0.25) is 0 Å². The first-order valence-corrected chi connectivity index (χ1v) is 6.63. The second kappa shape index (κ2) is 6.62. The first-order chi connectivity index (χ1) is 7.24. The van der Waals surface area contributed by atoms with Gasteiger partial charge in [-0.25, -0.2) is 0 Å². The average molecular weight is 224 g/mol. The van der Waals surface area contributed by atoms with Crippen molar-refractivity contribution >= 4 is 23.1 Å². The zero-order valence-electron chi connectivity index (χ0n) is 9.79. The Bertz CT molecular complexity index is 287. The molecule has 0 heterocycles. The van der Waals surface area contributed by atoms with Crippen molar-refractivity contribution < 1.29 is 0 Å². The van der Waals surface area contributed by atoms with Crippen LogP contribution in [0.1, 0.15) is 6.42 Å². The molecule has 1 rings (SSSR count). The minimum Gasteiger partial charge on any atom is -0.385 e. The quantitative estimate of drug-likeness (QED) is 0.748. The van der Waals surface area contributed by atoms with Gasteiger partial charge in [-0.2, -0.15) is 11.8 Å². The summed E-state index contributed by atoms with van der Waals surface area (Å²) in [4.78, 5) is 2.12. The van der Waals surface area contributed by atoms with Crippen LogP contribution in [-0.2, 0) is 0 Å². The summed E-state index contributed by atoms with van der Waals surface area (Å²) in [6.45, 7) is 1.05. The molecule has 0 aliphatic rings. The Labute approximate surface area is 97.1 Å². The molecule has 0 aliphatic heterocycles. The second-order valence-corrected chi connectivity index (χ2v) is 4.70. The third kappa shape index (κ3) is 4.47. The lowest BCUT2D eigenvalue weighted by Crippen LogP contribution is -2.09. The van der Waals surface area contributed by atoms with Gasteiger partial charge in [0.05, 0.1) is 0 Å². The maximum atomic E-state index is 3.43. The number of benzene rings is 1. The molecule has 1 aromatic carbocycles. The second-order valence-electron chi connectivity index (χ2n) is 3.72. The van der Waals surface area contributed by atoms with E-state index in [9.17, 15) is 0 Å². The molecule has 0 spiro atoms. The van der Waals surface area contributed by atoms with Crippen LogP contribution >= 0.6 is 11.8 Å². The molecule has 84 valence electrons. The van der Waals surface area contributed by atoms with Gasteiger partial charge in [-0.3, -0.25) is 0 Å². The summed E-state index contributed by atoms with van der Waals surface area (Å²) in [5, 5.41) is 3.43. The number of nitrogens with one attached hydrogen (secondary N) is 1. The molecule has 15 heavy (non-hydrogen) atoms. The van der Waals surface area contributed by atoms with Gasteiger partial charge in [0.25, 0.3) is 0 Å². The molecule has 0 unspecified atom stereocenters. The average Bonchev–Trinajstić information content (AvgIpc) is 2.25. The molecule has 0 aliphatic carbocycles. The van der Waals surface area contributed by atoms with Gasteiger partial charge in [-0.05, 0) is 36.6 Å². The van der Waals surface area contributed by atoms with E-state index in [4.69, 9.17) is 0 Å². The molecule has 0 radical (unpaired) electrons. The van der Waals surface area contributed by atoms with E-state index < -0.39 is 0 Å². The summed E-state index contributed by atoms with van der Waals surface area (Å²) in [6, 6.07) is 8.50. The molecule has 3 heteroatoms. The van der Waals surface area contributed by atoms with Crippen molar-refractivity contribution in [2.75, 3.05) is 42.9 Å². The molecule has 0 fully saturated rings. The summed E-state index contributed by atoms with van der Waals surface area (Å²) >= 11 is 1.90. The van der Waals surface area contributed by atoms with E-state index in [2.05, 4.69) is 54.8 Å². The minimum atomic E-state index is 1.05. The van der Waals surface area contributed by atoms with Crippen LogP contribution < -0.4 is 10.2 Å². The van der Waals surface area contributed by atoms with E-state index in [-0.39, 0.29) is 0 Å². The lowest BCUT2D eigenvalue weighted by molar-refractivity contribution is 0.992. The molecule has 0 atom stereocenters. The van der Waals surface area contributed by atoms with Crippen molar-refractivity contribution in [2.45, 2.75) is 6.42 Å². The number of hydrogen-bond acceptors (Lipinski definition) is 3. The van der Waals surface area contributed by atoms with Gasteiger partial charge in [0, 0.05) is 32.0 Å². The Kier molecular flexibility index (Phi) is 5.40. The SMILES string of the molecule is CSCCCNc1cccc(N(C)C)c1. The number of nitrogens with zero attached hydrogens (tertiary/aromatic N) is 1. The van der Waals surface area contributed by atoms with Gasteiger partial charge >= 0.3 is 0 Å². The Morgan fingerprint density at radius 1 is 1.33 bits per heavy atom. The number of hydrogen-bond donors (Lipinski definition) is 1. The number of anilines is 2. The van der Waals surface area contributed by atoms with Gasteiger partial charge < -0.3 is 10.2 Å². The third-order valence-corrected chi connectivity index (χ3v) is 2.91. The summed E-state index contributed by atoms with van der Waals surface area (Å²) in [5.74, 6) is 1.22. The first-order valence-electron chi connectivity index (χ1n) is 5.24. The van der Waals surface area contributed by atoms with Crippen molar-refractivity contribution in [3.05, 3.63) is 24.3 Å². The topological polar surface area (TPSA) is 15.3 Å². The van der Waals surface area contributed by atoms with Crippen LogP contribution in [-0.4, -0.2) is 32.6 Å². The fourth-order valence-corrected chi connectivity index (χ4v) is 1.78. The van der Waals surface area contributed by atoms with E-state index >= 15 is 0 Å². The largest absolute Gasteiger partial charge is 0.385 e. The smallest absolute Gasteiger partial charge is 0.0381 e. The zero-order valence-corrected chi connectivity index (χ0v) is 10.6. The Balaban J connectivity index is 2.43. The molecule has 0 saturated heterocycles. The molecular weight excluding hydrogens is 204 g/mol. The van der Waals surface area contributed by atoms with E-state index in [1.807, 2.05) is 11.8 Å². The lowest BCUT2D eigenvalue weighted by Gasteiger charge is -2.14. The lowest BCUT2D eigenvalue weighted by atomic mass is 10.2. The van der Waals surface area contributed by atoms with Gasteiger partial charge in [0.15, 0.2) is 0 Å². The van der Waals surface area contributed by atoms with Crippen molar-refractivity contribution in [3.8, 4) is 0 Å². The van der Waals surface area contributed by atoms with E-state index in [0.29, 0.717) is 0 Å². The highest BCUT2D eigenvalue weighted by molar-refractivity contribution is 7.98. The van der Waals surface area contributed by atoms with Crippen LogP contribution in [0.3, 0.4) is 0 Å². The fraction of sp³-hybridized carbons (Fsp3) is 0.500. The number of thioether (sulfide) groups is 1. The highest BCUT2D eigenvalue weighted by Crippen LogP contribution is 2.17. The zero-order chi connectivity index (χ0) is 11.1. The normalized spacial score (nSPS) is 10.1. The van der Waals surface area contributed by atoms with Gasteiger partial charge in [0.1, 0.15) is 0 Å². The van der Waals surface area contributed by atoms with E-state index in [1.54, 1.807) is 0 Å². The molecule has 0 saturated carbocycles. The van der Waals surface area contributed by atoms with E-state index in [1.165, 1.54) is 23.5 Å². The molecule has 0 bridgehead atoms. The van der Waals surface area contributed by atoms with Gasteiger partial charge in [-0.1, -0.05) is 6.07 Å². The van der Waals surface area contributed by atoms with Gasteiger partial charge in [-0.15, -0.1) is 0 Å². The van der Waals surface area contributed by atoms with Crippen molar-refractivity contribution in [3.63, 3.8) is 0 Å². The van der Waals surface area contributed by atoms with Crippen molar-refractivity contribution in [1.82, 2.24) is 0 Å². The van der Waals surface area contributed by atoms with E-state index in [0.717, 1.165) is 6.54 Å². The van der Waals surface area contributed by atoms with Gasteiger partial charge in [0.2, 0.25) is 0 Å². The highest BCUT2D eigenvalue weighted by atomic mass is 32.2. The van der Waals surface area contributed by atoms with Crippen LogP contribution in [0, 0.1) is 0 Å². The highest BCUT2D eigenvalue weighted by Gasteiger charge is 1.96. The van der Waals surface area contributed by atoms with Crippen molar-refractivity contribution in [1.29, 1.82) is 0 Å². The Hall–Kier alpha value is -0.830. The third-order valence-electron chi connectivity index (χ3n) is 2.22. The minimum absolute atomic E-state index is 1.05. The standard InChI is InChI=1S/C12H20N2S/c1-14(2)12-7-4-6-11(10-12)13-8-5-9-15-3/h4,6-7,10,13H,5,8-9H2,1-3H3. The molecule has 0 aromatic heterocycles. The fourth-order valence-electron chi connectivity index (χ4n) is 1.34. The molecule has 1 N–H and O–H groups in total. The molecule has 2 nitrogen and oxygen atoms in total.